The highest BCUT2D eigenvalue weighted by Gasteiger charge is 2.40. The van der Waals surface area contributed by atoms with Crippen LogP contribution in [0.15, 0.2) is 69.5 Å². The number of hydrogen-bond acceptors (Lipinski definition) is 5. The fraction of sp³-hybridized carbons (Fsp3) is 0.182. The fourth-order valence-corrected chi connectivity index (χ4v) is 4.90. The fourth-order valence-electron chi connectivity index (χ4n) is 3.06. The molecule has 0 radical (unpaired) electrons. The number of benzene rings is 1. The summed E-state index contributed by atoms with van der Waals surface area (Å²) in [6.45, 7) is 4.22. The number of nitrogens with zero attached hydrogens (tertiary/aromatic N) is 1. The van der Waals surface area contributed by atoms with Gasteiger partial charge >= 0.3 is 0 Å². The van der Waals surface area contributed by atoms with Gasteiger partial charge < -0.3 is 4.42 Å². The molecule has 28 heavy (non-hydrogen) atoms. The molecule has 3 heterocycles. The molecular weight excluding hydrogens is 390 g/mol. The summed E-state index contributed by atoms with van der Waals surface area (Å²) in [7, 11) is 0. The van der Waals surface area contributed by atoms with Crippen LogP contribution in [0.2, 0.25) is 0 Å². The molecule has 3 aromatic rings. The van der Waals surface area contributed by atoms with E-state index in [9.17, 15) is 9.59 Å². The highest BCUT2D eigenvalue weighted by Crippen LogP contribution is 2.41. The van der Waals surface area contributed by atoms with Gasteiger partial charge in [0.05, 0.1) is 28.2 Å². The molecule has 0 N–H and O–H groups in total. The van der Waals surface area contributed by atoms with E-state index in [1.54, 1.807) is 6.26 Å². The lowest BCUT2D eigenvalue weighted by Gasteiger charge is -2.16. The second-order valence-electron chi connectivity index (χ2n) is 6.74. The van der Waals surface area contributed by atoms with E-state index in [4.69, 9.17) is 4.42 Å². The van der Waals surface area contributed by atoms with Crippen LogP contribution in [0.25, 0.3) is 5.57 Å². The second-order valence-corrected chi connectivity index (χ2v) is 8.67. The topological polar surface area (TPSA) is 50.5 Å². The number of imide groups is 1. The highest BCUT2D eigenvalue weighted by molar-refractivity contribution is 8.03. The molecular formula is C22H19NO3S2. The number of carbonyl (C=O) groups excluding carboxylic acids is 2. The smallest absolute Gasteiger partial charge is 0.272 e. The van der Waals surface area contributed by atoms with Crippen molar-refractivity contribution in [3.8, 4) is 0 Å². The standard InChI is InChI=1S/C22H19NO3S2/c1-14(2)15-7-9-16(10-8-15)23-21(24)19(18-6-4-12-27-18)20(22(23)25)28-13-17-5-3-11-26-17/h3-12,14H,13H2,1-2H3. The van der Waals surface area contributed by atoms with Crippen LogP contribution in [0.5, 0.6) is 0 Å². The summed E-state index contributed by atoms with van der Waals surface area (Å²) in [4.78, 5) is 29.0. The Balaban J connectivity index is 1.68. The van der Waals surface area contributed by atoms with Crippen LogP contribution in [0.1, 0.15) is 36.0 Å². The first-order chi connectivity index (χ1) is 13.6. The molecule has 0 saturated heterocycles. The van der Waals surface area contributed by atoms with E-state index in [2.05, 4.69) is 13.8 Å². The van der Waals surface area contributed by atoms with E-state index < -0.39 is 0 Å². The highest BCUT2D eigenvalue weighted by atomic mass is 32.2. The van der Waals surface area contributed by atoms with Gasteiger partial charge in [-0.15, -0.1) is 23.1 Å². The van der Waals surface area contributed by atoms with Gasteiger partial charge in [0.1, 0.15) is 5.76 Å². The van der Waals surface area contributed by atoms with Gasteiger partial charge in [0.25, 0.3) is 11.8 Å². The number of anilines is 1. The Labute approximate surface area is 171 Å². The molecule has 0 spiro atoms. The molecule has 0 fully saturated rings. The minimum absolute atomic E-state index is 0.272. The van der Waals surface area contributed by atoms with Crippen LogP contribution < -0.4 is 4.90 Å². The summed E-state index contributed by atoms with van der Waals surface area (Å²) in [5.41, 5.74) is 2.24. The zero-order chi connectivity index (χ0) is 19.7. The molecule has 2 aromatic heterocycles. The second kappa shape index (κ2) is 7.81. The number of rotatable bonds is 6. The molecule has 0 bridgehead atoms. The molecule has 0 saturated carbocycles. The predicted octanol–water partition coefficient (Wildman–Crippen LogP) is 5.68. The molecule has 6 heteroatoms. The van der Waals surface area contributed by atoms with Gasteiger partial charge in [0, 0.05) is 4.88 Å². The van der Waals surface area contributed by atoms with Crippen LogP contribution in [0.3, 0.4) is 0 Å². The number of furan rings is 1. The monoisotopic (exact) mass is 409 g/mol. The average Bonchev–Trinajstić information content (AvgIpc) is 3.42. The first-order valence-corrected chi connectivity index (χ1v) is 10.8. The Kier molecular flexibility index (Phi) is 5.24. The van der Waals surface area contributed by atoms with Gasteiger partial charge in [-0.25, -0.2) is 4.90 Å². The maximum Gasteiger partial charge on any atom is 0.272 e. The van der Waals surface area contributed by atoms with Crippen LogP contribution >= 0.6 is 23.1 Å². The molecule has 1 aliphatic heterocycles. The zero-order valence-corrected chi connectivity index (χ0v) is 17.2. The Hall–Kier alpha value is -2.57. The summed E-state index contributed by atoms with van der Waals surface area (Å²) in [5, 5.41) is 1.91. The van der Waals surface area contributed by atoms with Crippen molar-refractivity contribution in [1.29, 1.82) is 0 Å². The molecule has 4 rings (SSSR count). The molecule has 0 atom stereocenters. The van der Waals surface area contributed by atoms with E-state index in [0.717, 1.165) is 10.6 Å². The molecule has 0 aliphatic carbocycles. The lowest BCUT2D eigenvalue weighted by atomic mass is 10.0. The number of amides is 2. The van der Waals surface area contributed by atoms with Gasteiger partial charge in [-0.1, -0.05) is 32.0 Å². The van der Waals surface area contributed by atoms with E-state index in [-0.39, 0.29) is 11.8 Å². The van der Waals surface area contributed by atoms with Crippen molar-refractivity contribution in [3.05, 3.63) is 81.3 Å². The Bertz CT molecular complexity index is 1020. The summed E-state index contributed by atoms with van der Waals surface area (Å²) in [6.07, 6.45) is 1.61. The summed E-state index contributed by atoms with van der Waals surface area (Å²) < 4.78 is 5.38. The molecule has 142 valence electrons. The van der Waals surface area contributed by atoms with Crippen molar-refractivity contribution in [2.24, 2.45) is 0 Å². The lowest BCUT2D eigenvalue weighted by molar-refractivity contribution is -0.119. The summed E-state index contributed by atoms with van der Waals surface area (Å²) in [5.74, 6) is 1.10. The minimum atomic E-state index is -0.276. The Morgan fingerprint density at radius 2 is 1.82 bits per heavy atom. The maximum absolute atomic E-state index is 13.2. The van der Waals surface area contributed by atoms with Crippen LogP contribution in [0.4, 0.5) is 5.69 Å². The van der Waals surface area contributed by atoms with Crippen LogP contribution in [-0.4, -0.2) is 11.8 Å². The Morgan fingerprint density at radius 3 is 2.43 bits per heavy atom. The molecule has 2 amide bonds. The number of carbonyl (C=O) groups is 2. The quantitative estimate of drug-likeness (QED) is 0.491. The third kappa shape index (κ3) is 3.45. The summed E-state index contributed by atoms with van der Waals surface area (Å²) >= 11 is 2.81. The van der Waals surface area contributed by atoms with Gasteiger partial charge in [-0.3, -0.25) is 9.59 Å². The van der Waals surface area contributed by atoms with Crippen molar-refractivity contribution in [2.45, 2.75) is 25.5 Å². The van der Waals surface area contributed by atoms with Crippen LogP contribution in [-0.2, 0) is 15.3 Å². The Morgan fingerprint density at radius 1 is 1.04 bits per heavy atom. The van der Waals surface area contributed by atoms with Crippen molar-refractivity contribution in [1.82, 2.24) is 0 Å². The SMILES string of the molecule is CC(C)c1ccc(N2C(=O)C(SCc3ccco3)=C(c3cccs3)C2=O)cc1. The van der Waals surface area contributed by atoms with E-state index >= 15 is 0 Å². The van der Waals surface area contributed by atoms with Gasteiger partial charge in [-0.2, -0.15) is 0 Å². The normalized spacial score (nSPS) is 14.6. The average molecular weight is 410 g/mol. The van der Waals surface area contributed by atoms with E-state index in [0.29, 0.717) is 27.8 Å². The van der Waals surface area contributed by atoms with Gasteiger partial charge in [0.15, 0.2) is 0 Å². The number of hydrogen-bond donors (Lipinski definition) is 0. The predicted molar refractivity (Wildman–Crippen MR) is 114 cm³/mol. The summed E-state index contributed by atoms with van der Waals surface area (Å²) in [6, 6.07) is 15.1. The van der Waals surface area contributed by atoms with Crippen molar-refractivity contribution < 1.29 is 14.0 Å². The van der Waals surface area contributed by atoms with E-state index in [1.807, 2.05) is 53.9 Å². The van der Waals surface area contributed by atoms with Crippen LogP contribution in [0, 0.1) is 0 Å². The molecule has 1 aliphatic rings. The first kappa shape index (κ1) is 18.8. The van der Waals surface area contributed by atoms with E-state index in [1.165, 1.54) is 33.6 Å². The van der Waals surface area contributed by atoms with Gasteiger partial charge in [0.2, 0.25) is 0 Å². The maximum atomic E-state index is 13.2. The van der Waals surface area contributed by atoms with Crippen molar-refractivity contribution in [3.63, 3.8) is 0 Å². The third-order valence-electron chi connectivity index (χ3n) is 4.57. The largest absolute Gasteiger partial charge is 0.468 e. The minimum Gasteiger partial charge on any atom is -0.468 e. The number of thiophene rings is 1. The lowest BCUT2D eigenvalue weighted by Crippen LogP contribution is -2.31. The molecule has 0 unspecified atom stereocenters. The zero-order valence-electron chi connectivity index (χ0n) is 15.5. The number of thioether (sulfide) groups is 1. The molecule has 1 aromatic carbocycles. The first-order valence-electron chi connectivity index (χ1n) is 8.98. The third-order valence-corrected chi connectivity index (χ3v) is 6.55. The van der Waals surface area contributed by atoms with Crippen molar-refractivity contribution in [2.75, 3.05) is 4.90 Å². The van der Waals surface area contributed by atoms with Crippen molar-refractivity contribution >= 4 is 46.2 Å². The van der Waals surface area contributed by atoms with Gasteiger partial charge in [-0.05, 0) is 47.2 Å². The molecule has 4 nitrogen and oxygen atoms in total.